The Balaban J connectivity index is 1.73. The smallest absolute Gasteiger partial charge is 0.140 e. The molecule has 2 atom stereocenters. The molecule has 2 aromatic rings. The summed E-state index contributed by atoms with van der Waals surface area (Å²) in [5.74, 6) is 3.73. The van der Waals surface area contributed by atoms with Crippen LogP contribution in [0.25, 0.3) is 6.08 Å². The summed E-state index contributed by atoms with van der Waals surface area (Å²) < 4.78 is 11.1. The van der Waals surface area contributed by atoms with Gasteiger partial charge in [0.1, 0.15) is 23.3 Å². The Hall–Kier alpha value is -2.80. The van der Waals surface area contributed by atoms with Crippen molar-refractivity contribution in [3.8, 4) is 17.6 Å². The van der Waals surface area contributed by atoms with E-state index in [2.05, 4.69) is 50.0 Å². The number of hydrogen-bond acceptors (Lipinski definition) is 4. The molecule has 0 aliphatic heterocycles. The molecule has 1 fully saturated rings. The third-order valence-corrected chi connectivity index (χ3v) is 7.19. The summed E-state index contributed by atoms with van der Waals surface area (Å²) in [5, 5.41) is 9.14. The zero-order valence-corrected chi connectivity index (χ0v) is 21.6. The lowest BCUT2D eigenvalue weighted by molar-refractivity contribution is 0.385. The number of hydrogen-bond donors (Lipinski definition) is 0. The quantitative estimate of drug-likeness (QED) is 0.357. The highest BCUT2D eigenvalue weighted by molar-refractivity contribution is 5.56. The first kappa shape index (κ1) is 25.8. The van der Waals surface area contributed by atoms with E-state index in [1.807, 2.05) is 18.3 Å². The van der Waals surface area contributed by atoms with Gasteiger partial charge >= 0.3 is 0 Å². The molecule has 1 aromatic heterocycles. The fourth-order valence-corrected chi connectivity index (χ4v) is 5.13. The molecule has 1 aliphatic carbocycles. The second-order valence-corrected chi connectivity index (χ2v) is 10.2. The summed E-state index contributed by atoms with van der Waals surface area (Å²) in [5.41, 5.74) is 5.60. The fourth-order valence-electron chi connectivity index (χ4n) is 5.13. The molecule has 4 nitrogen and oxygen atoms in total. The van der Waals surface area contributed by atoms with Gasteiger partial charge in [0.05, 0.1) is 14.2 Å². The van der Waals surface area contributed by atoms with Gasteiger partial charge in [0.2, 0.25) is 0 Å². The number of ether oxygens (including phenoxy) is 2. The van der Waals surface area contributed by atoms with Gasteiger partial charge in [-0.05, 0) is 92.0 Å². The highest BCUT2D eigenvalue weighted by Crippen LogP contribution is 2.41. The third-order valence-electron chi connectivity index (χ3n) is 7.19. The lowest BCUT2D eigenvalue weighted by Gasteiger charge is -2.20. The topological polar surface area (TPSA) is 55.1 Å². The number of methoxy groups -OCH3 is 2. The van der Waals surface area contributed by atoms with Crippen LogP contribution in [0.3, 0.4) is 0 Å². The molecule has 4 heteroatoms. The van der Waals surface area contributed by atoms with Gasteiger partial charge in [-0.25, -0.2) is 4.98 Å². The monoisotopic (exact) mass is 460 g/mol. The van der Waals surface area contributed by atoms with E-state index in [0.29, 0.717) is 23.4 Å². The van der Waals surface area contributed by atoms with Crippen molar-refractivity contribution < 1.29 is 9.47 Å². The molecular formula is C30H40N2O2. The Kier molecular flexibility index (Phi) is 9.57. The first-order valence-corrected chi connectivity index (χ1v) is 12.7. The van der Waals surface area contributed by atoms with Crippen molar-refractivity contribution in [2.24, 2.45) is 11.8 Å². The first-order valence-electron chi connectivity index (χ1n) is 12.7. The van der Waals surface area contributed by atoms with Gasteiger partial charge in [0.25, 0.3) is 0 Å². The Morgan fingerprint density at radius 3 is 2.65 bits per heavy atom. The summed E-state index contributed by atoms with van der Waals surface area (Å²) in [7, 11) is 3.45. The highest BCUT2D eigenvalue weighted by atomic mass is 16.5. The minimum absolute atomic E-state index is 0.488. The molecule has 2 unspecified atom stereocenters. The van der Waals surface area contributed by atoms with Gasteiger partial charge in [0.15, 0.2) is 0 Å². The standard InChI is InChI=1S/C30H40N2O2/c1-21(2)9-10-24(17-26-20-32-27(19-31)15-22(26)3)16-23-7-6-8-25(12-11-23)29-14-13-28(33-4)18-30(29)34-5/h13-15,17-18,20-21,23,25H,6-12,16H2,1-5H3/b24-17+. The number of pyridine rings is 1. The number of rotatable bonds is 9. The van der Waals surface area contributed by atoms with Crippen LogP contribution >= 0.6 is 0 Å². The zero-order chi connectivity index (χ0) is 24.5. The van der Waals surface area contributed by atoms with Crippen LogP contribution in [-0.2, 0) is 0 Å². The highest BCUT2D eigenvalue weighted by Gasteiger charge is 2.23. The van der Waals surface area contributed by atoms with Crippen molar-refractivity contribution in [1.29, 1.82) is 5.26 Å². The first-order chi connectivity index (χ1) is 16.4. The largest absolute Gasteiger partial charge is 0.497 e. The maximum Gasteiger partial charge on any atom is 0.140 e. The average molecular weight is 461 g/mol. The van der Waals surface area contributed by atoms with Crippen LogP contribution in [0, 0.1) is 30.1 Å². The molecule has 0 radical (unpaired) electrons. The van der Waals surface area contributed by atoms with Gasteiger partial charge in [-0.2, -0.15) is 5.26 Å². The van der Waals surface area contributed by atoms with E-state index >= 15 is 0 Å². The average Bonchev–Trinajstić information content (AvgIpc) is 3.08. The molecule has 0 N–H and O–H groups in total. The number of nitriles is 1. The maximum atomic E-state index is 9.14. The Morgan fingerprint density at radius 2 is 1.97 bits per heavy atom. The second kappa shape index (κ2) is 12.6. The molecule has 1 aromatic carbocycles. The summed E-state index contributed by atoms with van der Waals surface area (Å²) in [4.78, 5) is 4.31. The zero-order valence-electron chi connectivity index (χ0n) is 21.6. The van der Waals surface area contributed by atoms with Crippen LogP contribution in [0.1, 0.15) is 93.5 Å². The molecule has 3 rings (SSSR count). The molecule has 1 aliphatic rings. The molecule has 1 saturated carbocycles. The van der Waals surface area contributed by atoms with Crippen molar-refractivity contribution in [3.63, 3.8) is 0 Å². The van der Waals surface area contributed by atoms with Crippen molar-refractivity contribution in [2.75, 3.05) is 14.2 Å². The van der Waals surface area contributed by atoms with Gasteiger partial charge in [-0.3, -0.25) is 0 Å². The third kappa shape index (κ3) is 7.10. The molecule has 34 heavy (non-hydrogen) atoms. The van der Waals surface area contributed by atoms with E-state index in [1.165, 1.54) is 49.7 Å². The summed E-state index contributed by atoms with van der Waals surface area (Å²) in [6, 6.07) is 10.3. The Morgan fingerprint density at radius 1 is 1.15 bits per heavy atom. The molecule has 182 valence electrons. The van der Waals surface area contributed by atoms with Gasteiger partial charge in [-0.15, -0.1) is 0 Å². The number of benzene rings is 1. The van der Waals surface area contributed by atoms with Gasteiger partial charge in [0, 0.05) is 12.3 Å². The summed E-state index contributed by atoms with van der Waals surface area (Å²) >= 11 is 0. The number of allylic oxidation sites excluding steroid dienone is 1. The Labute approximate surface area is 206 Å². The molecule has 1 heterocycles. The van der Waals surface area contributed by atoms with E-state index in [0.717, 1.165) is 35.5 Å². The number of nitrogens with zero attached hydrogens (tertiary/aromatic N) is 2. The summed E-state index contributed by atoms with van der Waals surface area (Å²) in [6.07, 6.45) is 13.9. The Bertz CT molecular complexity index is 1020. The lowest BCUT2D eigenvalue weighted by atomic mass is 9.87. The number of aromatic nitrogens is 1. The van der Waals surface area contributed by atoms with Crippen LogP contribution in [0.15, 0.2) is 36.0 Å². The molecule has 0 bridgehead atoms. The predicted molar refractivity (Wildman–Crippen MR) is 139 cm³/mol. The van der Waals surface area contributed by atoms with Crippen LogP contribution in [0.4, 0.5) is 0 Å². The van der Waals surface area contributed by atoms with Crippen molar-refractivity contribution in [3.05, 3.63) is 58.4 Å². The van der Waals surface area contributed by atoms with Crippen molar-refractivity contribution in [1.82, 2.24) is 4.98 Å². The van der Waals surface area contributed by atoms with E-state index in [4.69, 9.17) is 14.7 Å². The molecule has 0 saturated heterocycles. The van der Waals surface area contributed by atoms with Crippen molar-refractivity contribution in [2.45, 2.75) is 78.1 Å². The summed E-state index contributed by atoms with van der Waals surface area (Å²) in [6.45, 7) is 6.67. The van der Waals surface area contributed by atoms with Crippen LogP contribution < -0.4 is 9.47 Å². The van der Waals surface area contributed by atoms with E-state index in [-0.39, 0.29) is 0 Å². The molecule has 0 spiro atoms. The normalized spacial score (nSPS) is 18.9. The minimum Gasteiger partial charge on any atom is -0.497 e. The maximum absolute atomic E-state index is 9.14. The SMILES string of the molecule is COc1ccc(C2CCCC(C/C(=C/c3cnc(C#N)cc3C)CCC(C)C)CC2)c(OC)c1. The van der Waals surface area contributed by atoms with Crippen LogP contribution in [0.5, 0.6) is 11.5 Å². The fraction of sp³-hybridized carbons (Fsp3) is 0.533. The second-order valence-electron chi connectivity index (χ2n) is 10.2. The molecule has 0 amide bonds. The predicted octanol–water partition coefficient (Wildman–Crippen LogP) is 7.85. The van der Waals surface area contributed by atoms with Gasteiger partial charge < -0.3 is 9.47 Å². The minimum atomic E-state index is 0.488. The van der Waals surface area contributed by atoms with E-state index in [9.17, 15) is 0 Å². The van der Waals surface area contributed by atoms with Crippen molar-refractivity contribution >= 4 is 6.08 Å². The van der Waals surface area contributed by atoms with E-state index in [1.54, 1.807) is 14.2 Å². The number of aryl methyl sites for hydroxylation is 1. The lowest BCUT2D eigenvalue weighted by Crippen LogP contribution is -2.04. The van der Waals surface area contributed by atoms with Gasteiger partial charge in [-0.1, -0.05) is 44.4 Å². The van der Waals surface area contributed by atoms with Crippen LogP contribution in [-0.4, -0.2) is 19.2 Å². The van der Waals surface area contributed by atoms with Crippen LogP contribution in [0.2, 0.25) is 0 Å². The van der Waals surface area contributed by atoms with E-state index < -0.39 is 0 Å². The molecular weight excluding hydrogens is 420 g/mol.